The Balaban J connectivity index is 2.37. The standard InChI is InChI=1S/C14H19N3O3S/c1-9(14-10(2)17-20-11(14)3)16-12-7-5-6-8-13(12)21(18,19)15-4/h5-9,15-16H,1-4H3. The highest BCUT2D eigenvalue weighted by molar-refractivity contribution is 7.89. The Morgan fingerprint density at radius 1 is 1.24 bits per heavy atom. The molecule has 2 N–H and O–H groups in total. The quantitative estimate of drug-likeness (QED) is 0.886. The summed E-state index contributed by atoms with van der Waals surface area (Å²) >= 11 is 0. The van der Waals surface area contributed by atoms with E-state index in [1.807, 2.05) is 20.8 Å². The SMILES string of the molecule is CNS(=O)(=O)c1ccccc1NC(C)c1c(C)noc1C. The summed E-state index contributed by atoms with van der Waals surface area (Å²) in [5.41, 5.74) is 2.27. The number of sulfonamides is 1. The second kappa shape index (κ2) is 5.87. The van der Waals surface area contributed by atoms with Gasteiger partial charge in [-0.15, -0.1) is 0 Å². The van der Waals surface area contributed by atoms with Crippen LogP contribution in [0.4, 0.5) is 5.69 Å². The third-order valence-electron chi connectivity index (χ3n) is 3.34. The van der Waals surface area contributed by atoms with Crippen LogP contribution in [0.15, 0.2) is 33.7 Å². The van der Waals surface area contributed by atoms with Crippen LogP contribution in [0.25, 0.3) is 0 Å². The van der Waals surface area contributed by atoms with Gasteiger partial charge in [-0.3, -0.25) is 0 Å². The maximum absolute atomic E-state index is 12.0. The van der Waals surface area contributed by atoms with Crippen LogP contribution in [0.5, 0.6) is 0 Å². The van der Waals surface area contributed by atoms with Gasteiger partial charge in [-0.25, -0.2) is 13.1 Å². The first-order valence-corrected chi connectivity index (χ1v) is 8.07. The Hall–Kier alpha value is -1.86. The lowest BCUT2D eigenvalue weighted by atomic mass is 10.1. The number of nitrogens with one attached hydrogen (secondary N) is 2. The van der Waals surface area contributed by atoms with Crippen molar-refractivity contribution in [2.24, 2.45) is 0 Å². The zero-order valence-corrected chi connectivity index (χ0v) is 13.3. The molecule has 0 radical (unpaired) electrons. The first kappa shape index (κ1) is 15.5. The Morgan fingerprint density at radius 3 is 2.48 bits per heavy atom. The molecule has 2 rings (SSSR count). The molecule has 1 unspecified atom stereocenters. The summed E-state index contributed by atoms with van der Waals surface area (Å²) < 4.78 is 31.6. The number of rotatable bonds is 5. The van der Waals surface area contributed by atoms with Crippen LogP contribution in [-0.4, -0.2) is 20.6 Å². The molecule has 2 aromatic rings. The van der Waals surface area contributed by atoms with Crippen molar-refractivity contribution < 1.29 is 12.9 Å². The van der Waals surface area contributed by atoms with Crippen molar-refractivity contribution in [3.05, 3.63) is 41.3 Å². The summed E-state index contributed by atoms with van der Waals surface area (Å²) in [6, 6.07) is 6.66. The molecule has 1 atom stereocenters. The van der Waals surface area contributed by atoms with E-state index in [0.717, 1.165) is 17.0 Å². The van der Waals surface area contributed by atoms with E-state index < -0.39 is 10.0 Å². The van der Waals surface area contributed by atoms with Gasteiger partial charge in [-0.1, -0.05) is 17.3 Å². The normalized spacial score (nSPS) is 13.1. The van der Waals surface area contributed by atoms with Gasteiger partial charge in [0.2, 0.25) is 10.0 Å². The van der Waals surface area contributed by atoms with Crippen molar-refractivity contribution in [3.8, 4) is 0 Å². The summed E-state index contributed by atoms with van der Waals surface area (Å²) in [6.07, 6.45) is 0. The molecule has 0 aliphatic heterocycles. The molecular formula is C14H19N3O3S. The van der Waals surface area contributed by atoms with Gasteiger partial charge in [-0.2, -0.15) is 0 Å². The Morgan fingerprint density at radius 2 is 1.90 bits per heavy atom. The lowest BCUT2D eigenvalue weighted by molar-refractivity contribution is 0.392. The van der Waals surface area contributed by atoms with Crippen molar-refractivity contribution >= 4 is 15.7 Å². The zero-order valence-electron chi connectivity index (χ0n) is 12.5. The van der Waals surface area contributed by atoms with Crippen LogP contribution in [0.3, 0.4) is 0 Å². The lowest BCUT2D eigenvalue weighted by Crippen LogP contribution is -2.21. The summed E-state index contributed by atoms with van der Waals surface area (Å²) in [6.45, 7) is 5.64. The molecule has 0 saturated heterocycles. The summed E-state index contributed by atoms with van der Waals surface area (Å²) in [4.78, 5) is 0.214. The molecule has 7 heteroatoms. The number of anilines is 1. The van der Waals surface area contributed by atoms with Gasteiger partial charge in [0.1, 0.15) is 10.7 Å². The average Bonchev–Trinajstić information content (AvgIpc) is 2.78. The minimum Gasteiger partial charge on any atom is -0.377 e. The summed E-state index contributed by atoms with van der Waals surface area (Å²) in [5.74, 6) is 0.724. The molecule has 0 bridgehead atoms. The molecule has 114 valence electrons. The first-order valence-electron chi connectivity index (χ1n) is 6.58. The molecule has 0 aliphatic carbocycles. The fourth-order valence-electron chi connectivity index (χ4n) is 2.34. The molecule has 0 fully saturated rings. The fraction of sp³-hybridized carbons (Fsp3) is 0.357. The second-order valence-electron chi connectivity index (χ2n) is 4.81. The van der Waals surface area contributed by atoms with E-state index in [9.17, 15) is 8.42 Å². The molecule has 1 aromatic heterocycles. The monoisotopic (exact) mass is 309 g/mol. The summed E-state index contributed by atoms with van der Waals surface area (Å²) in [7, 11) is -2.12. The number of nitrogens with zero attached hydrogens (tertiary/aromatic N) is 1. The molecule has 1 heterocycles. The van der Waals surface area contributed by atoms with Crippen LogP contribution in [0.2, 0.25) is 0 Å². The van der Waals surface area contributed by atoms with Gasteiger partial charge in [0.05, 0.1) is 17.4 Å². The van der Waals surface area contributed by atoms with Gasteiger partial charge >= 0.3 is 0 Å². The third kappa shape index (κ3) is 3.08. The van der Waals surface area contributed by atoms with E-state index in [0.29, 0.717) is 5.69 Å². The highest BCUT2D eigenvalue weighted by atomic mass is 32.2. The molecule has 0 saturated carbocycles. The Kier molecular flexibility index (Phi) is 4.34. The molecule has 0 amide bonds. The van der Waals surface area contributed by atoms with Crippen molar-refractivity contribution in [1.82, 2.24) is 9.88 Å². The third-order valence-corrected chi connectivity index (χ3v) is 4.81. The van der Waals surface area contributed by atoms with E-state index >= 15 is 0 Å². The molecule has 0 spiro atoms. The number of para-hydroxylation sites is 1. The van der Waals surface area contributed by atoms with Crippen molar-refractivity contribution in [2.75, 3.05) is 12.4 Å². The van der Waals surface area contributed by atoms with Gasteiger partial charge in [0.25, 0.3) is 0 Å². The van der Waals surface area contributed by atoms with Crippen LogP contribution in [0, 0.1) is 13.8 Å². The Labute approximate surface area is 124 Å². The zero-order chi connectivity index (χ0) is 15.6. The molecular weight excluding hydrogens is 290 g/mol. The smallest absolute Gasteiger partial charge is 0.242 e. The van der Waals surface area contributed by atoms with Crippen LogP contribution in [0.1, 0.15) is 30.0 Å². The number of benzene rings is 1. The van der Waals surface area contributed by atoms with E-state index in [1.54, 1.807) is 24.3 Å². The van der Waals surface area contributed by atoms with Crippen molar-refractivity contribution in [2.45, 2.75) is 31.7 Å². The largest absolute Gasteiger partial charge is 0.377 e. The van der Waals surface area contributed by atoms with Crippen molar-refractivity contribution in [1.29, 1.82) is 0 Å². The van der Waals surface area contributed by atoms with Crippen LogP contribution < -0.4 is 10.0 Å². The van der Waals surface area contributed by atoms with Gasteiger partial charge in [-0.05, 0) is 40.0 Å². The highest BCUT2D eigenvalue weighted by Gasteiger charge is 2.20. The van der Waals surface area contributed by atoms with Crippen LogP contribution >= 0.6 is 0 Å². The molecule has 6 nitrogen and oxygen atoms in total. The Bertz CT molecular complexity index is 718. The minimum absolute atomic E-state index is 0.121. The maximum atomic E-state index is 12.0. The lowest BCUT2D eigenvalue weighted by Gasteiger charge is -2.18. The van der Waals surface area contributed by atoms with Crippen molar-refractivity contribution in [3.63, 3.8) is 0 Å². The van der Waals surface area contributed by atoms with Crippen LogP contribution in [-0.2, 0) is 10.0 Å². The second-order valence-corrected chi connectivity index (χ2v) is 6.66. The number of hydrogen-bond acceptors (Lipinski definition) is 5. The van der Waals surface area contributed by atoms with E-state index in [-0.39, 0.29) is 10.9 Å². The fourth-order valence-corrected chi connectivity index (χ4v) is 3.24. The molecule has 21 heavy (non-hydrogen) atoms. The van der Waals surface area contributed by atoms with E-state index in [4.69, 9.17) is 4.52 Å². The highest BCUT2D eigenvalue weighted by Crippen LogP contribution is 2.28. The van der Waals surface area contributed by atoms with Gasteiger partial charge < -0.3 is 9.84 Å². The van der Waals surface area contributed by atoms with Gasteiger partial charge in [0.15, 0.2) is 0 Å². The average molecular weight is 309 g/mol. The number of aryl methyl sites for hydroxylation is 2. The molecule has 0 aliphatic rings. The molecule has 1 aromatic carbocycles. The predicted octanol–water partition coefficient (Wildman–Crippen LogP) is 2.37. The van der Waals surface area contributed by atoms with E-state index in [2.05, 4.69) is 15.2 Å². The number of aromatic nitrogens is 1. The first-order chi connectivity index (χ1) is 9.86. The number of hydrogen-bond donors (Lipinski definition) is 2. The summed E-state index contributed by atoms with van der Waals surface area (Å²) in [5, 5.41) is 7.14. The predicted molar refractivity (Wildman–Crippen MR) is 80.7 cm³/mol. The minimum atomic E-state index is -3.52. The maximum Gasteiger partial charge on any atom is 0.242 e. The van der Waals surface area contributed by atoms with E-state index in [1.165, 1.54) is 7.05 Å². The van der Waals surface area contributed by atoms with Gasteiger partial charge in [0, 0.05) is 5.56 Å². The topological polar surface area (TPSA) is 84.2 Å².